The molecule has 0 bridgehead atoms. The molecule has 0 aromatic heterocycles. The van der Waals surface area contributed by atoms with Gasteiger partial charge in [0.2, 0.25) is 5.91 Å². The maximum Gasteiger partial charge on any atom is 0.220 e. The highest BCUT2D eigenvalue weighted by atomic mass is 19.1. The Labute approximate surface area is 130 Å². The molecule has 1 aromatic carbocycles. The molecule has 1 fully saturated rings. The average molecular weight is 310 g/mol. The van der Waals surface area contributed by atoms with Crippen LogP contribution >= 0.6 is 0 Å². The second kappa shape index (κ2) is 7.68. The van der Waals surface area contributed by atoms with Gasteiger partial charge in [0.15, 0.2) is 0 Å². The number of carbonyl (C=O) groups is 1. The average Bonchev–Trinajstić information content (AvgIpc) is 2.45. The van der Waals surface area contributed by atoms with Crippen molar-refractivity contribution in [1.29, 1.82) is 0 Å². The molecule has 3 nitrogen and oxygen atoms in total. The van der Waals surface area contributed by atoms with Gasteiger partial charge in [0.25, 0.3) is 0 Å². The van der Waals surface area contributed by atoms with Crippen LogP contribution in [0.5, 0.6) is 0 Å². The lowest BCUT2D eigenvalue weighted by molar-refractivity contribution is -0.122. The standard InChI is InChI=1S/C17H24F2N2O/c1-12(14-9-15(18)11-16(19)10-14)20-17(22)4-3-13-5-7-21(2)8-6-13/h9-13H,3-8H2,1-2H3,(H,20,22). The highest BCUT2D eigenvalue weighted by Gasteiger charge is 2.18. The van der Waals surface area contributed by atoms with Crippen molar-refractivity contribution in [2.45, 2.75) is 38.6 Å². The molecule has 22 heavy (non-hydrogen) atoms. The van der Waals surface area contributed by atoms with Gasteiger partial charge in [-0.25, -0.2) is 8.78 Å². The molecule has 0 saturated carbocycles. The zero-order valence-corrected chi connectivity index (χ0v) is 13.2. The number of carbonyl (C=O) groups excluding carboxylic acids is 1. The quantitative estimate of drug-likeness (QED) is 0.905. The largest absolute Gasteiger partial charge is 0.350 e. The lowest BCUT2D eigenvalue weighted by Gasteiger charge is -2.28. The summed E-state index contributed by atoms with van der Waals surface area (Å²) in [5, 5.41) is 2.82. The van der Waals surface area contributed by atoms with Crippen molar-refractivity contribution in [3.8, 4) is 0 Å². The molecule has 1 aromatic rings. The molecule has 1 saturated heterocycles. The third kappa shape index (κ3) is 5.05. The molecule has 122 valence electrons. The Morgan fingerprint density at radius 2 is 1.86 bits per heavy atom. The Balaban J connectivity index is 1.78. The number of rotatable bonds is 5. The maximum atomic E-state index is 13.2. The summed E-state index contributed by atoms with van der Waals surface area (Å²) in [6.07, 6.45) is 3.61. The highest BCUT2D eigenvalue weighted by molar-refractivity contribution is 5.76. The van der Waals surface area contributed by atoms with Crippen LogP contribution in [0.4, 0.5) is 8.78 Å². The second-order valence-electron chi connectivity index (χ2n) is 6.28. The van der Waals surface area contributed by atoms with E-state index in [9.17, 15) is 13.6 Å². The summed E-state index contributed by atoms with van der Waals surface area (Å²) in [6, 6.07) is 2.95. The van der Waals surface area contributed by atoms with Gasteiger partial charge >= 0.3 is 0 Å². The van der Waals surface area contributed by atoms with Gasteiger partial charge in [0.05, 0.1) is 6.04 Å². The number of hydrogen-bond donors (Lipinski definition) is 1. The first-order valence-electron chi connectivity index (χ1n) is 7.88. The van der Waals surface area contributed by atoms with E-state index in [2.05, 4.69) is 17.3 Å². The van der Waals surface area contributed by atoms with Crippen LogP contribution < -0.4 is 5.32 Å². The molecule has 1 aliphatic rings. The normalized spacial score (nSPS) is 18.2. The van der Waals surface area contributed by atoms with Crippen LogP contribution in [0.3, 0.4) is 0 Å². The number of amides is 1. The monoisotopic (exact) mass is 310 g/mol. The fraction of sp³-hybridized carbons (Fsp3) is 0.588. The first-order chi connectivity index (χ1) is 10.4. The van der Waals surface area contributed by atoms with E-state index in [-0.39, 0.29) is 5.91 Å². The van der Waals surface area contributed by atoms with E-state index in [1.807, 2.05) is 0 Å². The van der Waals surface area contributed by atoms with Crippen LogP contribution in [-0.2, 0) is 4.79 Å². The zero-order chi connectivity index (χ0) is 16.1. The van der Waals surface area contributed by atoms with Crippen molar-refractivity contribution in [3.05, 3.63) is 35.4 Å². The maximum absolute atomic E-state index is 13.2. The van der Waals surface area contributed by atoms with Crippen LogP contribution in [0.25, 0.3) is 0 Å². The topological polar surface area (TPSA) is 32.3 Å². The summed E-state index contributed by atoms with van der Waals surface area (Å²) in [5.41, 5.74) is 0.449. The van der Waals surface area contributed by atoms with Crippen molar-refractivity contribution in [2.24, 2.45) is 5.92 Å². The van der Waals surface area contributed by atoms with Gasteiger partial charge < -0.3 is 10.2 Å². The Morgan fingerprint density at radius 3 is 2.45 bits per heavy atom. The number of nitrogens with zero attached hydrogens (tertiary/aromatic N) is 1. The molecule has 1 heterocycles. The predicted molar refractivity (Wildman–Crippen MR) is 82.4 cm³/mol. The molecule has 2 rings (SSSR count). The van der Waals surface area contributed by atoms with Crippen LogP contribution in [0.1, 0.15) is 44.2 Å². The lowest BCUT2D eigenvalue weighted by atomic mass is 9.92. The van der Waals surface area contributed by atoms with Gasteiger partial charge in [0.1, 0.15) is 11.6 Å². The molecule has 1 atom stereocenters. The minimum absolute atomic E-state index is 0.0592. The number of piperidine rings is 1. The van der Waals surface area contributed by atoms with E-state index < -0.39 is 17.7 Å². The Bertz CT molecular complexity index is 493. The second-order valence-corrected chi connectivity index (χ2v) is 6.28. The van der Waals surface area contributed by atoms with Gasteiger partial charge in [-0.15, -0.1) is 0 Å². The Hall–Kier alpha value is -1.49. The third-order valence-electron chi connectivity index (χ3n) is 4.38. The van der Waals surface area contributed by atoms with Crippen molar-refractivity contribution in [2.75, 3.05) is 20.1 Å². The molecular formula is C17H24F2N2O. The van der Waals surface area contributed by atoms with Crippen LogP contribution in [0.2, 0.25) is 0 Å². The number of nitrogens with one attached hydrogen (secondary N) is 1. The smallest absolute Gasteiger partial charge is 0.220 e. The molecule has 1 aliphatic heterocycles. The predicted octanol–water partition coefficient (Wildman–Crippen LogP) is 3.26. The SMILES string of the molecule is CC(NC(=O)CCC1CCN(C)CC1)c1cc(F)cc(F)c1. The molecule has 0 radical (unpaired) electrons. The van der Waals surface area contributed by atoms with Gasteiger partial charge in [-0.2, -0.15) is 0 Å². The van der Waals surface area contributed by atoms with Crippen molar-refractivity contribution >= 4 is 5.91 Å². The molecule has 5 heteroatoms. The van der Waals surface area contributed by atoms with E-state index in [0.717, 1.165) is 38.4 Å². The summed E-state index contributed by atoms with van der Waals surface area (Å²) in [5.74, 6) is -0.704. The summed E-state index contributed by atoms with van der Waals surface area (Å²) in [7, 11) is 2.11. The fourth-order valence-corrected chi connectivity index (χ4v) is 2.91. The van der Waals surface area contributed by atoms with Crippen LogP contribution in [0.15, 0.2) is 18.2 Å². The number of benzene rings is 1. The first kappa shape index (κ1) is 16.9. The minimum atomic E-state index is -0.623. The lowest BCUT2D eigenvalue weighted by Crippen LogP contribution is -2.31. The molecule has 1 amide bonds. The number of hydrogen-bond acceptors (Lipinski definition) is 2. The highest BCUT2D eigenvalue weighted by Crippen LogP contribution is 2.21. The third-order valence-corrected chi connectivity index (χ3v) is 4.38. The van der Waals surface area contributed by atoms with Gasteiger partial charge in [0, 0.05) is 12.5 Å². The molecule has 1 N–H and O–H groups in total. The molecule has 1 unspecified atom stereocenters. The van der Waals surface area contributed by atoms with E-state index in [4.69, 9.17) is 0 Å². The molecular weight excluding hydrogens is 286 g/mol. The fourth-order valence-electron chi connectivity index (χ4n) is 2.91. The number of likely N-dealkylation sites (tertiary alicyclic amines) is 1. The van der Waals surface area contributed by atoms with Crippen LogP contribution in [-0.4, -0.2) is 30.9 Å². The van der Waals surface area contributed by atoms with E-state index in [0.29, 0.717) is 17.9 Å². The summed E-state index contributed by atoms with van der Waals surface area (Å²) >= 11 is 0. The van der Waals surface area contributed by atoms with Gasteiger partial charge in [-0.05, 0) is 69.9 Å². The molecule has 0 aliphatic carbocycles. The Morgan fingerprint density at radius 1 is 1.27 bits per heavy atom. The van der Waals surface area contributed by atoms with Crippen molar-refractivity contribution in [1.82, 2.24) is 10.2 Å². The summed E-state index contributed by atoms with van der Waals surface area (Å²) in [4.78, 5) is 14.3. The minimum Gasteiger partial charge on any atom is -0.350 e. The van der Waals surface area contributed by atoms with Crippen LogP contribution in [0, 0.1) is 17.6 Å². The van der Waals surface area contributed by atoms with Gasteiger partial charge in [-0.1, -0.05) is 0 Å². The van der Waals surface area contributed by atoms with Crippen molar-refractivity contribution in [3.63, 3.8) is 0 Å². The first-order valence-corrected chi connectivity index (χ1v) is 7.88. The van der Waals surface area contributed by atoms with E-state index in [1.54, 1.807) is 6.92 Å². The van der Waals surface area contributed by atoms with E-state index >= 15 is 0 Å². The summed E-state index contributed by atoms with van der Waals surface area (Å²) < 4.78 is 26.4. The summed E-state index contributed by atoms with van der Waals surface area (Å²) in [6.45, 7) is 3.91. The number of halogens is 2. The zero-order valence-electron chi connectivity index (χ0n) is 13.2. The van der Waals surface area contributed by atoms with Gasteiger partial charge in [-0.3, -0.25) is 4.79 Å². The molecule has 0 spiro atoms. The van der Waals surface area contributed by atoms with E-state index in [1.165, 1.54) is 12.1 Å². The Kier molecular flexibility index (Phi) is 5.89. The van der Waals surface area contributed by atoms with Crippen molar-refractivity contribution < 1.29 is 13.6 Å².